The van der Waals surface area contributed by atoms with Gasteiger partial charge < -0.3 is 19.3 Å². The zero-order valence-corrected chi connectivity index (χ0v) is 24.6. The monoisotopic (exact) mass is 540 g/mol. The maximum absolute atomic E-state index is 13.1. The van der Waals surface area contributed by atoms with Crippen LogP contribution < -0.4 is 4.74 Å². The fourth-order valence-electron chi connectivity index (χ4n) is 5.66. The maximum Gasteiger partial charge on any atom is 0.248 e. The predicted molar refractivity (Wildman–Crippen MR) is 155 cm³/mol. The Labute approximate surface area is 233 Å². The molecule has 0 aromatic heterocycles. The second-order valence-corrected chi connectivity index (χ2v) is 12.0. The first-order valence-corrected chi connectivity index (χ1v) is 14.4. The molecule has 7 nitrogen and oxygen atoms in total. The number of ether oxygens (including phenoxy) is 2. The Bertz CT molecular complexity index is 1040. The van der Waals surface area contributed by atoms with E-state index in [9.17, 15) is 4.79 Å². The lowest BCUT2D eigenvalue weighted by atomic mass is 9.87. The topological polar surface area (TPSA) is 48.5 Å². The summed E-state index contributed by atoms with van der Waals surface area (Å²) >= 11 is 1.71. The molecular weight excluding hydrogens is 496 g/mol. The fourth-order valence-corrected chi connectivity index (χ4v) is 6.54. The lowest BCUT2D eigenvalue weighted by molar-refractivity contribution is -0.135. The summed E-state index contributed by atoms with van der Waals surface area (Å²) in [7, 11) is 5.95. The average Bonchev–Trinajstić information content (AvgIpc) is 3.34. The van der Waals surface area contributed by atoms with Gasteiger partial charge in [-0.25, -0.2) is 4.31 Å². The third-order valence-electron chi connectivity index (χ3n) is 7.93. The summed E-state index contributed by atoms with van der Waals surface area (Å²) in [4.78, 5) is 21.5. The van der Waals surface area contributed by atoms with E-state index in [1.165, 1.54) is 21.6 Å². The van der Waals surface area contributed by atoms with Crippen LogP contribution in [0.2, 0.25) is 0 Å². The van der Waals surface area contributed by atoms with Gasteiger partial charge in [0.15, 0.2) is 0 Å². The third kappa shape index (κ3) is 7.30. The van der Waals surface area contributed by atoms with Crippen molar-refractivity contribution in [3.05, 3.63) is 59.2 Å². The molecule has 208 valence electrons. The number of hydrogen-bond donors (Lipinski definition) is 0. The van der Waals surface area contributed by atoms with Crippen molar-refractivity contribution < 1.29 is 14.3 Å². The molecule has 1 atom stereocenters. The summed E-state index contributed by atoms with van der Waals surface area (Å²) < 4.78 is 13.4. The van der Waals surface area contributed by atoms with Crippen LogP contribution in [-0.4, -0.2) is 111 Å². The summed E-state index contributed by atoms with van der Waals surface area (Å²) in [6, 6.07) is 14.9. The normalized spacial score (nSPS) is 20.8. The molecular formula is C30H44N4O3S. The van der Waals surface area contributed by atoms with Gasteiger partial charge >= 0.3 is 0 Å². The van der Waals surface area contributed by atoms with Crippen LogP contribution in [0.3, 0.4) is 0 Å². The van der Waals surface area contributed by atoms with E-state index < -0.39 is 0 Å². The number of nitrogens with zero attached hydrogens (tertiary/aromatic N) is 4. The van der Waals surface area contributed by atoms with Crippen LogP contribution in [0.25, 0.3) is 0 Å². The van der Waals surface area contributed by atoms with Gasteiger partial charge in [-0.3, -0.25) is 9.69 Å². The van der Waals surface area contributed by atoms with Gasteiger partial charge in [0.25, 0.3) is 0 Å². The maximum atomic E-state index is 13.1. The number of carbonyl (C=O) groups excluding carboxylic acids is 1. The molecule has 2 saturated heterocycles. The number of likely N-dealkylation sites (N-methyl/N-ethyl adjacent to an activating group) is 2. The number of piperazine rings is 1. The Morgan fingerprint density at radius 3 is 2.39 bits per heavy atom. The number of hydrogen-bond acceptors (Lipinski definition) is 7. The minimum Gasteiger partial charge on any atom is -0.497 e. The Morgan fingerprint density at radius 2 is 1.74 bits per heavy atom. The Morgan fingerprint density at radius 1 is 1.05 bits per heavy atom. The van der Waals surface area contributed by atoms with Crippen LogP contribution in [0.5, 0.6) is 5.75 Å². The first-order chi connectivity index (χ1) is 18.3. The molecule has 0 radical (unpaired) electrons. The number of methoxy groups -OCH3 is 1. The summed E-state index contributed by atoms with van der Waals surface area (Å²) in [5, 5.41) is 0. The van der Waals surface area contributed by atoms with Gasteiger partial charge in [0.05, 0.1) is 13.7 Å². The number of carbonyl (C=O) groups is 1. The van der Waals surface area contributed by atoms with Crippen molar-refractivity contribution in [3.63, 3.8) is 0 Å². The lowest BCUT2D eigenvalue weighted by Gasteiger charge is -2.45. The molecule has 0 N–H and O–H groups in total. The number of aryl methyl sites for hydroxylation is 2. The van der Waals surface area contributed by atoms with Crippen molar-refractivity contribution in [1.82, 2.24) is 19.0 Å². The minimum atomic E-state index is 0.00319. The lowest BCUT2D eigenvalue weighted by Crippen LogP contribution is -2.59. The Hall–Kier alpha value is -2.10. The summed E-state index contributed by atoms with van der Waals surface area (Å²) in [6.07, 6.45) is 1.99. The second-order valence-electron chi connectivity index (χ2n) is 10.8. The van der Waals surface area contributed by atoms with Gasteiger partial charge in [-0.1, -0.05) is 30.3 Å². The Kier molecular flexibility index (Phi) is 10.1. The van der Waals surface area contributed by atoms with Gasteiger partial charge in [0.2, 0.25) is 5.91 Å². The molecule has 2 fully saturated rings. The first kappa shape index (κ1) is 28.9. The molecule has 0 saturated carbocycles. The van der Waals surface area contributed by atoms with Crippen molar-refractivity contribution >= 4 is 17.9 Å². The molecule has 2 aliphatic heterocycles. The van der Waals surface area contributed by atoms with E-state index in [1.54, 1.807) is 19.1 Å². The van der Waals surface area contributed by atoms with Gasteiger partial charge in [0.1, 0.15) is 12.4 Å². The van der Waals surface area contributed by atoms with Crippen LogP contribution in [-0.2, 0) is 16.0 Å². The smallest absolute Gasteiger partial charge is 0.248 e. The number of rotatable bonds is 11. The van der Waals surface area contributed by atoms with E-state index in [0.717, 1.165) is 64.4 Å². The molecule has 38 heavy (non-hydrogen) atoms. The highest BCUT2D eigenvalue weighted by atomic mass is 32.2. The zero-order chi connectivity index (χ0) is 27.1. The molecule has 2 heterocycles. The van der Waals surface area contributed by atoms with E-state index in [2.05, 4.69) is 84.5 Å². The molecule has 0 bridgehead atoms. The molecule has 1 amide bonds. The average molecular weight is 541 g/mol. The van der Waals surface area contributed by atoms with Crippen molar-refractivity contribution in [2.24, 2.45) is 0 Å². The van der Waals surface area contributed by atoms with E-state index in [0.29, 0.717) is 6.61 Å². The van der Waals surface area contributed by atoms with Gasteiger partial charge in [-0.05, 0) is 81.6 Å². The fraction of sp³-hybridized carbons (Fsp3) is 0.567. The zero-order valence-electron chi connectivity index (χ0n) is 23.7. The first-order valence-electron chi connectivity index (χ1n) is 13.7. The summed E-state index contributed by atoms with van der Waals surface area (Å²) in [6.45, 7) is 11.5. The van der Waals surface area contributed by atoms with Crippen molar-refractivity contribution in [2.75, 3.05) is 80.2 Å². The van der Waals surface area contributed by atoms with Crippen LogP contribution in [0.15, 0.2) is 47.4 Å². The van der Waals surface area contributed by atoms with E-state index in [-0.39, 0.29) is 18.1 Å². The third-order valence-corrected chi connectivity index (χ3v) is 9.25. The highest BCUT2D eigenvalue weighted by molar-refractivity contribution is 7.97. The minimum absolute atomic E-state index is 0.00319. The Balaban J connectivity index is 1.27. The van der Waals surface area contributed by atoms with Crippen LogP contribution in [0.1, 0.15) is 23.1 Å². The SMILES string of the molecule is COc1cc(C)c(SN(C)CCOCC(=O)N2CCC(Cc3ccccc3)(N3CCN(C)CC3)C2)c(C)c1. The molecule has 0 aliphatic carbocycles. The van der Waals surface area contributed by atoms with Crippen molar-refractivity contribution in [2.45, 2.75) is 37.1 Å². The van der Waals surface area contributed by atoms with Crippen LogP contribution in [0.4, 0.5) is 0 Å². The van der Waals surface area contributed by atoms with E-state index >= 15 is 0 Å². The summed E-state index contributed by atoms with van der Waals surface area (Å²) in [5.41, 5.74) is 3.75. The van der Waals surface area contributed by atoms with Crippen molar-refractivity contribution in [1.29, 1.82) is 0 Å². The number of benzene rings is 2. The standard InChI is InChI=1S/C30H44N4O3S/c1-24-19-27(36-5)20-25(2)29(24)38-32(4)17-18-37-22-28(35)33-12-11-30(23-33,21-26-9-7-6-8-10-26)34-15-13-31(3)14-16-34/h6-10,19-20H,11-18,21-23H2,1-5H3. The van der Waals surface area contributed by atoms with E-state index in [4.69, 9.17) is 9.47 Å². The predicted octanol–water partition coefficient (Wildman–Crippen LogP) is 3.73. The van der Waals surface area contributed by atoms with Gasteiger partial charge in [-0.2, -0.15) is 0 Å². The summed E-state index contributed by atoms with van der Waals surface area (Å²) in [5.74, 6) is 0.988. The highest BCUT2D eigenvalue weighted by Crippen LogP contribution is 2.33. The van der Waals surface area contributed by atoms with Crippen LogP contribution >= 0.6 is 11.9 Å². The molecule has 4 rings (SSSR count). The second kappa shape index (κ2) is 13.3. The number of amides is 1. The molecule has 2 aliphatic rings. The van der Waals surface area contributed by atoms with Gasteiger partial charge in [0, 0.05) is 56.2 Å². The van der Waals surface area contributed by atoms with Crippen molar-refractivity contribution in [3.8, 4) is 5.75 Å². The quantitative estimate of drug-likeness (QED) is 0.318. The molecule has 0 spiro atoms. The van der Waals surface area contributed by atoms with Crippen LogP contribution in [0, 0.1) is 13.8 Å². The highest BCUT2D eigenvalue weighted by Gasteiger charge is 2.44. The molecule has 2 aromatic rings. The largest absolute Gasteiger partial charge is 0.497 e. The molecule has 2 aromatic carbocycles. The molecule has 1 unspecified atom stereocenters. The number of likely N-dealkylation sites (tertiary alicyclic amines) is 1. The molecule has 8 heteroatoms. The van der Waals surface area contributed by atoms with Gasteiger partial charge in [-0.15, -0.1) is 0 Å². The van der Waals surface area contributed by atoms with E-state index in [1.807, 2.05) is 4.90 Å².